The van der Waals surface area contributed by atoms with Crippen molar-refractivity contribution in [3.8, 4) is 28.5 Å². The molecule has 194 valence electrons. The van der Waals surface area contributed by atoms with Crippen molar-refractivity contribution >= 4 is 21.9 Å². The van der Waals surface area contributed by atoms with Crippen LogP contribution in [0.25, 0.3) is 44.3 Å². The highest BCUT2D eigenvalue weighted by atomic mass is 16.3. The van der Waals surface area contributed by atoms with E-state index in [2.05, 4.69) is 29.7 Å². The number of rotatable bonds is 3. The van der Waals surface area contributed by atoms with E-state index in [1.807, 2.05) is 43.6 Å². The van der Waals surface area contributed by atoms with Gasteiger partial charge in [-0.2, -0.15) is 5.26 Å². The minimum atomic E-state index is -2.01. The molecule has 3 heteroatoms. The Morgan fingerprint density at radius 1 is 1.00 bits per heavy atom. The van der Waals surface area contributed by atoms with Gasteiger partial charge in [-0.3, -0.25) is 0 Å². The Hall–Kier alpha value is -3.90. The van der Waals surface area contributed by atoms with Crippen LogP contribution < -0.4 is 4.57 Å². The summed E-state index contributed by atoms with van der Waals surface area (Å²) in [5, 5.41) is 12.1. The van der Waals surface area contributed by atoms with E-state index in [0.717, 1.165) is 40.4 Å². The Morgan fingerprint density at radius 3 is 2.49 bits per heavy atom. The number of pyridine rings is 1. The molecule has 0 bridgehead atoms. The molecule has 0 saturated heterocycles. The summed E-state index contributed by atoms with van der Waals surface area (Å²) in [5.74, 6) is -1.04. The quantitative estimate of drug-likeness (QED) is 0.225. The Labute approximate surface area is 237 Å². The van der Waals surface area contributed by atoms with Gasteiger partial charge in [0.15, 0.2) is 6.20 Å². The van der Waals surface area contributed by atoms with Crippen molar-refractivity contribution in [1.82, 2.24) is 0 Å². The van der Waals surface area contributed by atoms with Gasteiger partial charge >= 0.3 is 0 Å². The van der Waals surface area contributed by atoms with Crippen LogP contribution >= 0.6 is 0 Å². The second-order valence-electron chi connectivity index (χ2n) is 11.5. The van der Waals surface area contributed by atoms with E-state index in [1.54, 1.807) is 26.0 Å². The largest absolute Gasteiger partial charge is 0.454 e. The monoisotopic (exact) mass is 516 g/mol. The van der Waals surface area contributed by atoms with E-state index in [4.69, 9.17) is 4.42 Å². The maximum Gasteiger partial charge on any atom is 0.216 e. The van der Waals surface area contributed by atoms with Crippen LogP contribution in [-0.2, 0) is 19.8 Å². The molecule has 0 atom stereocenters. The predicted molar refractivity (Wildman–Crippen MR) is 158 cm³/mol. The number of nitriles is 1. The van der Waals surface area contributed by atoms with Crippen molar-refractivity contribution in [3.63, 3.8) is 0 Å². The highest BCUT2D eigenvalue weighted by molar-refractivity contribution is 6.14. The molecule has 1 fully saturated rings. The first-order chi connectivity index (χ1) is 20.7. The third-order valence-electron chi connectivity index (χ3n) is 8.35. The van der Waals surface area contributed by atoms with E-state index in [9.17, 15) is 12.1 Å². The Balaban J connectivity index is 1.60. The van der Waals surface area contributed by atoms with Crippen LogP contribution in [0.3, 0.4) is 0 Å². The summed E-state index contributed by atoms with van der Waals surface area (Å²) in [5.41, 5.74) is 5.50. The van der Waals surface area contributed by atoms with Crippen molar-refractivity contribution < 1.29 is 15.8 Å². The minimum absolute atomic E-state index is 0.267. The van der Waals surface area contributed by atoms with Crippen molar-refractivity contribution in [3.05, 3.63) is 88.6 Å². The molecule has 0 unspecified atom stereocenters. The van der Waals surface area contributed by atoms with Gasteiger partial charge in [-0.1, -0.05) is 51.0 Å². The second kappa shape index (κ2) is 8.82. The zero-order chi connectivity index (χ0) is 31.4. The Bertz CT molecular complexity index is 2060. The zero-order valence-electron chi connectivity index (χ0n) is 27.9. The summed E-state index contributed by atoms with van der Waals surface area (Å²) in [6.45, 7) is 5.32. The highest BCUT2D eigenvalue weighted by Crippen LogP contribution is 2.48. The SMILES string of the molecule is [2H]C1(c2cc(-c3c(C#N)ccc4c3oc3c(-c5cccc[n+]5C)c(C)ccc34)cc3c2C([2H])([2H])C(C)(C)C3([2H])[2H])CCCC1. The zero-order valence-corrected chi connectivity index (χ0v) is 22.9. The summed E-state index contributed by atoms with van der Waals surface area (Å²) < 4.78 is 55.1. The minimum Gasteiger partial charge on any atom is -0.454 e. The molecule has 2 aromatic heterocycles. The van der Waals surface area contributed by atoms with Crippen molar-refractivity contribution in [1.29, 1.82) is 5.26 Å². The van der Waals surface area contributed by atoms with E-state index in [1.165, 1.54) is 0 Å². The summed E-state index contributed by atoms with van der Waals surface area (Å²) in [7, 11) is 2.00. The molecule has 0 aliphatic heterocycles. The van der Waals surface area contributed by atoms with Gasteiger partial charge in [0.2, 0.25) is 5.69 Å². The molecular weight excluding hydrogens is 476 g/mol. The van der Waals surface area contributed by atoms with Crippen molar-refractivity contribution in [2.75, 3.05) is 0 Å². The first kappa shape index (κ1) is 19.2. The molecule has 1 saturated carbocycles. The van der Waals surface area contributed by atoms with Gasteiger partial charge in [0.1, 0.15) is 18.2 Å². The van der Waals surface area contributed by atoms with Crippen LogP contribution in [0.5, 0.6) is 0 Å². The lowest BCUT2D eigenvalue weighted by Crippen LogP contribution is -2.30. The fourth-order valence-corrected chi connectivity index (χ4v) is 6.53. The van der Waals surface area contributed by atoms with Gasteiger partial charge < -0.3 is 4.42 Å². The molecule has 5 aromatic rings. The van der Waals surface area contributed by atoms with E-state index < -0.39 is 24.1 Å². The smallest absolute Gasteiger partial charge is 0.216 e. The molecule has 7 rings (SSSR count). The number of furan rings is 1. The van der Waals surface area contributed by atoms with Gasteiger partial charge in [-0.25, -0.2) is 4.57 Å². The van der Waals surface area contributed by atoms with Gasteiger partial charge in [-0.05, 0) is 89.8 Å². The van der Waals surface area contributed by atoms with Crippen LogP contribution in [0, 0.1) is 23.7 Å². The number of fused-ring (bicyclic) bond motifs is 4. The molecule has 39 heavy (non-hydrogen) atoms. The average Bonchev–Trinajstić information content (AvgIpc) is 3.62. The third-order valence-corrected chi connectivity index (χ3v) is 8.35. The molecule has 0 radical (unpaired) electrons. The van der Waals surface area contributed by atoms with Crippen LogP contribution in [0.15, 0.2) is 65.2 Å². The Morgan fingerprint density at radius 2 is 1.74 bits per heavy atom. The topological polar surface area (TPSA) is 40.8 Å². The van der Waals surface area contributed by atoms with Gasteiger partial charge in [0.25, 0.3) is 0 Å². The summed E-state index contributed by atoms with van der Waals surface area (Å²) in [6, 6.07) is 19.8. The number of benzene rings is 3. The van der Waals surface area contributed by atoms with E-state index >= 15 is 0 Å². The molecule has 2 aliphatic rings. The lowest BCUT2D eigenvalue weighted by molar-refractivity contribution is -0.660. The molecule has 0 spiro atoms. The maximum atomic E-state index is 10.4. The maximum absolute atomic E-state index is 10.4. The Kier molecular flexibility index (Phi) is 4.34. The predicted octanol–water partition coefficient (Wildman–Crippen LogP) is 8.71. The lowest BCUT2D eigenvalue weighted by Gasteiger charge is -2.19. The van der Waals surface area contributed by atoms with Crippen molar-refractivity contribution in [2.45, 2.75) is 65.1 Å². The number of hydrogen-bond donors (Lipinski definition) is 0. The van der Waals surface area contributed by atoms with Crippen LogP contribution in [0.2, 0.25) is 0 Å². The summed E-state index contributed by atoms with van der Waals surface area (Å²) >= 11 is 0. The standard InChI is InChI=1S/C36H35N2O/c1-22-12-14-27-28-15-13-24(21-37)33(35(28)39-34(27)32(22)31-11-7-8-16-38(31)4)25-17-26-19-36(2,3)20-30(26)29(18-25)23-9-5-6-10-23/h7-8,11-18,23H,5-6,9-10,19-20H2,1-4H3/q+1/i19D2,20D2,23D. The van der Waals surface area contributed by atoms with Crippen LogP contribution in [0.4, 0.5) is 0 Å². The highest BCUT2D eigenvalue weighted by Gasteiger charge is 2.34. The molecule has 0 amide bonds. The fourth-order valence-electron chi connectivity index (χ4n) is 6.53. The molecule has 3 nitrogen and oxygen atoms in total. The van der Waals surface area contributed by atoms with E-state index in [-0.39, 0.29) is 5.56 Å². The second-order valence-corrected chi connectivity index (χ2v) is 11.5. The normalized spacial score (nSPS) is 22.0. The average molecular weight is 517 g/mol. The van der Waals surface area contributed by atoms with Gasteiger partial charge in [0, 0.05) is 35.3 Å². The number of aromatic nitrogens is 1. The van der Waals surface area contributed by atoms with Gasteiger partial charge in [-0.15, -0.1) is 0 Å². The molecule has 2 aliphatic carbocycles. The molecule has 2 heterocycles. The van der Waals surface area contributed by atoms with Crippen LogP contribution in [-0.4, -0.2) is 0 Å². The third kappa shape index (κ3) is 3.80. The lowest BCUT2D eigenvalue weighted by atomic mass is 9.85. The van der Waals surface area contributed by atoms with Gasteiger partial charge in [0.05, 0.1) is 17.2 Å². The van der Waals surface area contributed by atoms with Crippen molar-refractivity contribution in [2.24, 2.45) is 12.5 Å². The first-order valence-corrected chi connectivity index (χ1v) is 13.8. The first-order valence-electron chi connectivity index (χ1n) is 16.3. The number of nitrogens with zero attached hydrogens (tertiary/aromatic N) is 2. The fraction of sp³-hybridized carbons (Fsp3) is 0.333. The molecule has 0 N–H and O–H groups in total. The summed E-state index contributed by atoms with van der Waals surface area (Å²) in [4.78, 5) is 0. The van der Waals surface area contributed by atoms with E-state index in [0.29, 0.717) is 51.8 Å². The molecule has 3 aromatic carbocycles. The van der Waals surface area contributed by atoms with Crippen LogP contribution in [0.1, 0.15) is 80.1 Å². The number of aryl methyl sites for hydroxylation is 2. The summed E-state index contributed by atoms with van der Waals surface area (Å²) in [6.07, 6.45) is 0.893. The molecular formula is C36H35N2O+. The number of hydrogen-bond acceptors (Lipinski definition) is 2.